The molecule has 4 atom stereocenters. The second-order valence-corrected chi connectivity index (χ2v) is 5.71. The molecule has 130 valence electrons. The van der Waals surface area contributed by atoms with Crippen LogP contribution in [0.25, 0.3) is 0 Å². The minimum Gasteiger partial charge on any atom is -0.469 e. The Bertz CT molecular complexity index is 602. The zero-order valence-electron chi connectivity index (χ0n) is 13.9. The van der Waals surface area contributed by atoms with Crippen LogP contribution in [0.3, 0.4) is 0 Å². The highest BCUT2D eigenvalue weighted by molar-refractivity contribution is 5.82. The van der Waals surface area contributed by atoms with Gasteiger partial charge in [0.2, 0.25) is 0 Å². The Kier molecular flexibility index (Phi) is 5.78. The minimum atomic E-state index is -0.785. The van der Waals surface area contributed by atoms with E-state index in [1.165, 1.54) is 7.11 Å². The summed E-state index contributed by atoms with van der Waals surface area (Å²) >= 11 is 0. The van der Waals surface area contributed by atoms with Crippen LogP contribution in [0.1, 0.15) is 19.4 Å². The van der Waals surface area contributed by atoms with Crippen molar-refractivity contribution in [3.8, 4) is 0 Å². The second kappa shape index (κ2) is 7.81. The molecule has 0 bridgehead atoms. The minimum absolute atomic E-state index is 0.0939. The first-order valence-electron chi connectivity index (χ1n) is 7.69. The third kappa shape index (κ3) is 4.04. The van der Waals surface area contributed by atoms with Crippen molar-refractivity contribution in [2.75, 3.05) is 7.11 Å². The molecule has 1 aliphatic rings. The number of esters is 2. The molecule has 1 N–H and O–H groups in total. The molecular formula is C17H21NO6. The molecule has 7 nitrogen and oxygen atoms in total. The number of ether oxygens (including phenoxy) is 3. The van der Waals surface area contributed by atoms with Crippen LogP contribution in [0.4, 0.5) is 4.79 Å². The number of hydrogen-bond acceptors (Lipinski definition) is 6. The molecule has 1 aromatic carbocycles. The quantitative estimate of drug-likeness (QED) is 0.664. The van der Waals surface area contributed by atoms with Crippen LogP contribution < -0.4 is 5.32 Å². The number of hydrogen-bond donors (Lipinski definition) is 1. The first-order chi connectivity index (χ1) is 11.4. The highest BCUT2D eigenvalue weighted by atomic mass is 16.6. The number of alkyl carbamates (subject to hydrolysis) is 1. The summed E-state index contributed by atoms with van der Waals surface area (Å²) in [5, 5.41) is 2.60. The van der Waals surface area contributed by atoms with E-state index in [1.54, 1.807) is 13.8 Å². The van der Waals surface area contributed by atoms with Crippen molar-refractivity contribution < 1.29 is 28.6 Å². The van der Waals surface area contributed by atoms with Gasteiger partial charge in [-0.1, -0.05) is 30.3 Å². The number of benzene rings is 1. The first-order valence-corrected chi connectivity index (χ1v) is 7.69. The number of amides is 1. The zero-order chi connectivity index (χ0) is 17.7. The lowest BCUT2D eigenvalue weighted by Crippen LogP contribution is -2.57. The molecule has 0 spiro atoms. The smallest absolute Gasteiger partial charge is 0.407 e. The van der Waals surface area contributed by atoms with Crippen molar-refractivity contribution in [1.82, 2.24) is 5.32 Å². The summed E-state index contributed by atoms with van der Waals surface area (Å²) < 4.78 is 15.1. The van der Waals surface area contributed by atoms with E-state index in [1.807, 2.05) is 30.3 Å². The van der Waals surface area contributed by atoms with Crippen LogP contribution in [0, 0.1) is 11.8 Å². The van der Waals surface area contributed by atoms with E-state index in [4.69, 9.17) is 14.2 Å². The molecule has 1 amide bonds. The molecule has 1 fully saturated rings. The molecule has 7 heteroatoms. The highest BCUT2D eigenvalue weighted by Gasteiger charge is 2.47. The molecule has 1 saturated heterocycles. The van der Waals surface area contributed by atoms with Crippen molar-refractivity contribution in [1.29, 1.82) is 0 Å². The molecule has 0 aliphatic carbocycles. The summed E-state index contributed by atoms with van der Waals surface area (Å²) in [5.74, 6) is -2.49. The maximum absolute atomic E-state index is 12.1. The Morgan fingerprint density at radius 3 is 2.50 bits per heavy atom. The molecule has 0 unspecified atom stereocenters. The van der Waals surface area contributed by atoms with Gasteiger partial charge in [0, 0.05) is 0 Å². The van der Waals surface area contributed by atoms with E-state index in [0.717, 1.165) is 5.56 Å². The van der Waals surface area contributed by atoms with Crippen LogP contribution >= 0.6 is 0 Å². The summed E-state index contributed by atoms with van der Waals surface area (Å²) in [6.07, 6.45) is -1.40. The van der Waals surface area contributed by atoms with Crippen LogP contribution in [0.15, 0.2) is 30.3 Å². The summed E-state index contributed by atoms with van der Waals surface area (Å²) in [4.78, 5) is 35.9. The largest absolute Gasteiger partial charge is 0.469 e. The van der Waals surface area contributed by atoms with E-state index in [2.05, 4.69) is 5.32 Å². The molecule has 2 rings (SSSR count). The molecule has 1 aliphatic heterocycles. The van der Waals surface area contributed by atoms with Gasteiger partial charge in [-0.3, -0.25) is 9.59 Å². The van der Waals surface area contributed by atoms with Gasteiger partial charge in [-0.25, -0.2) is 4.79 Å². The predicted octanol–water partition coefficient (Wildman–Crippen LogP) is 1.65. The average Bonchev–Trinajstić information content (AvgIpc) is 2.58. The van der Waals surface area contributed by atoms with Crippen LogP contribution in [0.5, 0.6) is 0 Å². The van der Waals surface area contributed by atoms with Gasteiger partial charge in [0.1, 0.15) is 18.6 Å². The predicted molar refractivity (Wildman–Crippen MR) is 83.8 cm³/mol. The normalized spacial score (nSPS) is 26.2. The number of nitrogens with one attached hydrogen (secondary N) is 1. The summed E-state index contributed by atoms with van der Waals surface area (Å²) in [6, 6.07) is 8.44. The van der Waals surface area contributed by atoms with E-state index in [9.17, 15) is 14.4 Å². The molecule has 1 aromatic rings. The van der Waals surface area contributed by atoms with Crippen LogP contribution in [0.2, 0.25) is 0 Å². The molecule has 0 saturated carbocycles. The Morgan fingerprint density at radius 2 is 1.88 bits per heavy atom. The SMILES string of the molecule is COC(=O)[C@H]1[C@H](NC(=O)OCc2ccccc2)[C@@H](C)C(=O)O[C@@H]1C. The van der Waals surface area contributed by atoms with Crippen molar-refractivity contribution >= 4 is 18.0 Å². The zero-order valence-corrected chi connectivity index (χ0v) is 13.9. The Balaban J connectivity index is 2.03. The summed E-state index contributed by atoms with van der Waals surface area (Å²) in [6.45, 7) is 3.28. The molecule has 24 heavy (non-hydrogen) atoms. The van der Waals surface area contributed by atoms with Gasteiger partial charge in [-0.2, -0.15) is 0 Å². The lowest BCUT2D eigenvalue weighted by atomic mass is 9.83. The standard InChI is InChI=1S/C17H21NO6/c1-10-14(13(16(20)22-3)11(2)24-15(10)19)18-17(21)23-9-12-7-5-4-6-8-12/h4-8,10-11,13-14H,9H2,1-3H3,(H,18,21)/t10-,11-,13-,14-/m1/s1. The summed E-state index contributed by atoms with van der Waals surface area (Å²) in [7, 11) is 1.25. The van der Waals surface area contributed by atoms with Gasteiger partial charge in [0.05, 0.1) is 19.1 Å². The Hall–Kier alpha value is -2.57. The third-order valence-corrected chi connectivity index (χ3v) is 4.08. The first kappa shape index (κ1) is 17.8. The Morgan fingerprint density at radius 1 is 1.21 bits per heavy atom. The number of cyclic esters (lactones) is 1. The fourth-order valence-corrected chi connectivity index (χ4v) is 2.70. The van der Waals surface area contributed by atoms with Crippen molar-refractivity contribution in [3.63, 3.8) is 0 Å². The number of carbonyl (C=O) groups is 3. The summed E-state index contributed by atoms with van der Waals surface area (Å²) in [5.41, 5.74) is 0.835. The van der Waals surface area contributed by atoms with Crippen molar-refractivity contribution in [2.24, 2.45) is 11.8 Å². The molecule has 0 aromatic heterocycles. The fraction of sp³-hybridized carbons (Fsp3) is 0.471. The lowest BCUT2D eigenvalue weighted by molar-refractivity contribution is -0.174. The van der Waals surface area contributed by atoms with E-state index >= 15 is 0 Å². The maximum Gasteiger partial charge on any atom is 0.407 e. The highest BCUT2D eigenvalue weighted by Crippen LogP contribution is 2.27. The number of rotatable bonds is 4. The van der Waals surface area contributed by atoms with Crippen LogP contribution in [-0.2, 0) is 30.4 Å². The van der Waals surface area contributed by atoms with E-state index in [0.29, 0.717) is 0 Å². The van der Waals surface area contributed by atoms with Crippen molar-refractivity contribution in [2.45, 2.75) is 32.6 Å². The van der Waals surface area contributed by atoms with E-state index < -0.39 is 42.0 Å². The van der Waals surface area contributed by atoms with Gasteiger partial charge in [-0.05, 0) is 19.4 Å². The third-order valence-electron chi connectivity index (χ3n) is 4.08. The maximum atomic E-state index is 12.1. The van der Waals surface area contributed by atoms with Gasteiger partial charge in [0.15, 0.2) is 0 Å². The fourth-order valence-electron chi connectivity index (χ4n) is 2.70. The average molecular weight is 335 g/mol. The lowest BCUT2D eigenvalue weighted by Gasteiger charge is -2.37. The van der Waals surface area contributed by atoms with Gasteiger partial charge < -0.3 is 19.5 Å². The topological polar surface area (TPSA) is 90.9 Å². The van der Waals surface area contributed by atoms with Gasteiger partial charge in [-0.15, -0.1) is 0 Å². The van der Waals surface area contributed by atoms with Gasteiger partial charge in [0.25, 0.3) is 0 Å². The molecular weight excluding hydrogens is 314 g/mol. The number of carbonyl (C=O) groups excluding carboxylic acids is 3. The monoisotopic (exact) mass is 335 g/mol. The Labute approximate surface area is 140 Å². The number of methoxy groups -OCH3 is 1. The van der Waals surface area contributed by atoms with Crippen molar-refractivity contribution in [3.05, 3.63) is 35.9 Å². The van der Waals surface area contributed by atoms with Crippen LogP contribution in [-0.4, -0.2) is 37.3 Å². The molecule has 1 heterocycles. The van der Waals surface area contributed by atoms with Gasteiger partial charge >= 0.3 is 18.0 Å². The molecule has 0 radical (unpaired) electrons. The second-order valence-electron chi connectivity index (χ2n) is 5.71. The van der Waals surface area contributed by atoms with E-state index in [-0.39, 0.29) is 6.61 Å².